The molecule has 160 valence electrons. The SMILES string of the molecule is C=CCNC(=O)Cc1cc(=O)[nH]c(SCC(=O)Nc2cc(C(F)(F)F)ccc2Cl)n1. The van der Waals surface area contributed by atoms with Crippen molar-refractivity contribution < 1.29 is 22.8 Å². The van der Waals surface area contributed by atoms with E-state index in [0.29, 0.717) is 0 Å². The summed E-state index contributed by atoms with van der Waals surface area (Å²) in [6.07, 6.45) is -3.22. The minimum absolute atomic E-state index is 0.0552. The van der Waals surface area contributed by atoms with E-state index < -0.39 is 23.2 Å². The second-order valence-corrected chi connectivity index (χ2v) is 7.21. The number of hydrogen-bond donors (Lipinski definition) is 3. The van der Waals surface area contributed by atoms with Crippen molar-refractivity contribution in [2.45, 2.75) is 17.8 Å². The Hall–Kier alpha value is -2.79. The van der Waals surface area contributed by atoms with Crippen LogP contribution in [0.2, 0.25) is 5.02 Å². The number of benzene rings is 1. The molecule has 0 fully saturated rings. The summed E-state index contributed by atoms with van der Waals surface area (Å²) in [4.78, 5) is 42.1. The third-order valence-electron chi connectivity index (χ3n) is 3.47. The molecule has 0 aliphatic carbocycles. The molecule has 3 N–H and O–H groups in total. The quantitative estimate of drug-likeness (QED) is 0.319. The minimum Gasteiger partial charge on any atom is -0.352 e. The Bertz CT molecular complexity index is 1010. The molecule has 0 aliphatic rings. The zero-order valence-corrected chi connectivity index (χ0v) is 16.9. The zero-order chi connectivity index (χ0) is 22.3. The first-order valence-corrected chi connectivity index (χ1v) is 9.72. The van der Waals surface area contributed by atoms with Gasteiger partial charge in [0, 0.05) is 12.6 Å². The molecule has 0 saturated carbocycles. The summed E-state index contributed by atoms with van der Waals surface area (Å²) in [5, 5.41) is 4.86. The van der Waals surface area contributed by atoms with Crippen LogP contribution in [-0.2, 0) is 22.2 Å². The third kappa shape index (κ3) is 7.23. The number of hydrogen-bond acceptors (Lipinski definition) is 5. The van der Waals surface area contributed by atoms with Crippen molar-refractivity contribution in [2.24, 2.45) is 0 Å². The summed E-state index contributed by atoms with van der Waals surface area (Å²) < 4.78 is 38.4. The summed E-state index contributed by atoms with van der Waals surface area (Å²) in [5.74, 6) is -1.28. The molecule has 0 atom stereocenters. The van der Waals surface area contributed by atoms with Crippen LogP contribution >= 0.6 is 23.4 Å². The van der Waals surface area contributed by atoms with Gasteiger partial charge in [-0.05, 0) is 18.2 Å². The summed E-state index contributed by atoms with van der Waals surface area (Å²) >= 11 is 6.69. The molecule has 12 heteroatoms. The maximum absolute atomic E-state index is 12.8. The van der Waals surface area contributed by atoms with Gasteiger partial charge in [0.2, 0.25) is 11.8 Å². The number of amides is 2. The molecule has 1 heterocycles. The lowest BCUT2D eigenvalue weighted by molar-refractivity contribution is -0.137. The number of aromatic nitrogens is 2. The molecule has 2 aromatic rings. The van der Waals surface area contributed by atoms with Gasteiger partial charge in [-0.15, -0.1) is 6.58 Å². The van der Waals surface area contributed by atoms with Crippen LogP contribution in [0.1, 0.15) is 11.3 Å². The van der Waals surface area contributed by atoms with Crippen molar-refractivity contribution in [1.29, 1.82) is 0 Å². The topological polar surface area (TPSA) is 104 Å². The Labute approximate surface area is 178 Å². The molecule has 0 aliphatic heterocycles. The third-order valence-corrected chi connectivity index (χ3v) is 4.67. The van der Waals surface area contributed by atoms with Gasteiger partial charge in [0.15, 0.2) is 5.16 Å². The molecule has 0 saturated heterocycles. The van der Waals surface area contributed by atoms with Gasteiger partial charge in [-0.1, -0.05) is 29.4 Å². The van der Waals surface area contributed by atoms with Gasteiger partial charge in [-0.3, -0.25) is 14.4 Å². The molecule has 0 radical (unpaired) electrons. The molecule has 2 amide bonds. The summed E-state index contributed by atoms with van der Waals surface area (Å²) in [6.45, 7) is 3.74. The van der Waals surface area contributed by atoms with E-state index in [-0.39, 0.29) is 46.2 Å². The molecule has 0 spiro atoms. The van der Waals surface area contributed by atoms with E-state index in [4.69, 9.17) is 11.6 Å². The van der Waals surface area contributed by atoms with Gasteiger partial charge in [-0.2, -0.15) is 13.2 Å². The Morgan fingerprint density at radius 3 is 2.67 bits per heavy atom. The van der Waals surface area contributed by atoms with Crippen molar-refractivity contribution >= 4 is 40.9 Å². The largest absolute Gasteiger partial charge is 0.416 e. The number of nitrogens with one attached hydrogen (secondary N) is 3. The molecule has 0 bridgehead atoms. The number of anilines is 1. The standard InChI is InChI=1S/C18H16ClF3N4O3S/c1-2-5-23-14(27)7-11-8-15(28)26-17(24-11)30-9-16(29)25-13-6-10(18(20,21)22)3-4-12(13)19/h2-4,6,8H,1,5,7,9H2,(H,23,27)(H,25,29)(H,24,26,28). The molecule has 1 aromatic heterocycles. The number of rotatable bonds is 8. The highest BCUT2D eigenvalue weighted by Crippen LogP contribution is 2.33. The van der Waals surface area contributed by atoms with E-state index in [1.54, 1.807) is 0 Å². The number of halogens is 4. The number of aromatic amines is 1. The van der Waals surface area contributed by atoms with Gasteiger partial charge in [0.1, 0.15) is 0 Å². The van der Waals surface area contributed by atoms with E-state index in [1.165, 1.54) is 6.08 Å². The van der Waals surface area contributed by atoms with Crippen molar-refractivity contribution in [3.8, 4) is 0 Å². The average molecular weight is 461 g/mol. The summed E-state index contributed by atoms with van der Waals surface area (Å²) in [6, 6.07) is 3.72. The number of thioether (sulfide) groups is 1. The molecule has 1 aromatic carbocycles. The van der Waals surface area contributed by atoms with Gasteiger partial charge in [0.25, 0.3) is 5.56 Å². The maximum Gasteiger partial charge on any atom is 0.416 e. The van der Waals surface area contributed by atoms with Crippen LogP contribution in [0.15, 0.2) is 46.9 Å². The lowest BCUT2D eigenvalue weighted by Crippen LogP contribution is -2.26. The molecular weight excluding hydrogens is 445 g/mol. The number of nitrogens with zero attached hydrogens (tertiary/aromatic N) is 1. The normalized spacial score (nSPS) is 11.1. The van der Waals surface area contributed by atoms with Crippen LogP contribution in [0.3, 0.4) is 0 Å². The van der Waals surface area contributed by atoms with Crippen LogP contribution in [0.4, 0.5) is 18.9 Å². The Balaban J connectivity index is 2.02. The maximum atomic E-state index is 12.8. The van der Waals surface area contributed by atoms with Crippen LogP contribution in [0.25, 0.3) is 0 Å². The molecule has 0 unspecified atom stereocenters. The number of alkyl halides is 3. The van der Waals surface area contributed by atoms with Gasteiger partial charge in [-0.25, -0.2) is 4.98 Å². The molecule has 2 rings (SSSR count). The van der Waals surface area contributed by atoms with Gasteiger partial charge >= 0.3 is 6.18 Å². The highest BCUT2D eigenvalue weighted by atomic mass is 35.5. The smallest absolute Gasteiger partial charge is 0.352 e. The van der Waals surface area contributed by atoms with Crippen molar-refractivity contribution in [2.75, 3.05) is 17.6 Å². The summed E-state index contributed by atoms with van der Waals surface area (Å²) in [7, 11) is 0. The fraction of sp³-hybridized carbons (Fsp3) is 0.222. The Morgan fingerprint density at radius 1 is 1.27 bits per heavy atom. The Morgan fingerprint density at radius 2 is 2.00 bits per heavy atom. The zero-order valence-electron chi connectivity index (χ0n) is 15.3. The van der Waals surface area contributed by atoms with Gasteiger partial charge in [0.05, 0.1) is 34.1 Å². The second-order valence-electron chi connectivity index (χ2n) is 5.84. The number of carbonyl (C=O) groups is 2. The van der Waals surface area contributed by atoms with Crippen molar-refractivity contribution in [1.82, 2.24) is 15.3 Å². The Kier molecular flexibility index (Phi) is 8.07. The van der Waals surface area contributed by atoms with Crippen LogP contribution in [0.5, 0.6) is 0 Å². The van der Waals surface area contributed by atoms with Crippen LogP contribution in [-0.4, -0.2) is 34.1 Å². The lowest BCUT2D eigenvalue weighted by Gasteiger charge is -2.11. The number of H-pyrrole nitrogens is 1. The second kappa shape index (κ2) is 10.3. The first-order chi connectivity index (χ1) is 14.1. The molecule has 7 nitrogen and oxygen atoms in total. The minimum atomic E-state index is -4.58. The fourth-order valence-electron chi connectivity index (χ4n) is 2.17. The summed E-state index contributed by atoms with van der Waals surface area (Å²) in [5.41, 5.74) is -1.46. The van der Waals surface area contributed by atoms with Crippen LogP contribution < -0.4 is 16.2 Å². The lowest BCUT2D eigenvalue weighted by atomic mass is 10.2. The van der Waals surface area contributed by atoms with E-state index in [9.17, 15) is 27.6 Å². The first kappa shape index (κ1) is 23.5. The first-order valence-electron chi connectivity index (χ1n) is 8.35. The monoisotopic (exact) mass is 460 g/mol. The van der Waals surface area contributed by atoms with Gasteiger partial charge < -0.3 is 15.6 Å². The predicted octanol–water partition coefficient (Wildman–Crippen LogP) is 3.02. The molecule has 30 heavy (non-hydrogen) atoms. The average Bonchev–Trinajstić information content (AvgIpc) is 2.65. The van der Waals surface area contributed by atoms with E-state index >= 15 is 0 Å². The van der Waals surface area contributed by atoms with E-state index in [0.717, 1.165) is 36.0 Å². The molecular formula is C18H16ClF3N4O3S. The van der Waals surface area contributed by atoms with Crippen LogP contribution in [0, 0.1) is 0 Å². The highest BCUT2D eigenvalue weighted by Gasteiger charge is 2.31. The van der Waals surface area contributed by atoms with E-state index in [1.807, 2.05) is 0 Å². The van der Waals surface area contributed by atoms with Crippen molar-refractivity contribution in [3.63, 3.8) is 0 Å². The van der Waals surface area contributed by atoms with Crippen molar-refractivity contribution in [3.05, 3.63) is 63.6 Å². The number of carbonyl (C=O) groups excluding carboxylic acids is 2. The fourth-order valence-corrected chi connectivity index (χ4v) is 3.03. The van der Waals surface area contributed by atoms with E-state index in [2.05, 4.69) is 27.2 Å². The predicted molar refractivity (Wildman–Crippen MR) is 108 cm³/mol. The highest BCUT2D eigenvalue weighted by molar-refractivity contribution is 7.99.